The van der Waals surface area contributed by atoms with Gasteiger partial charge in [-0.3, -0.25) is 9.69 Å². The molecule has 6 heteroatoms. The van der Waals surface area contributed by atoms with Gasteiger partial charge in [-0.1, -0.05) is 42.0 Å². The van der Waals surface area contributed by atoms with Gasteiger partial charge >= 0.3 is 0 Å². The number of ether oxygens (including phenoxy) is 1. The molecule has 0 saturated carbocycles. The second-order valence-corrected chi connectivity index (χ2v) is 8.36. The standard InChI is InChI=1S/C26H30N4O2/c1-18-6-4-7-21(14-18)17-30-13-5-8-24(30)25-23(16-27-19(2)29-25)26(31)28-15-20-9-11-22(32-3)12-10-20/h4,6-7,9-12,14,16,24H,5,8,13,15,17H2,1-3H3,(H,28,31). The van der Waals surface area contributed by atoms with Crippen molar-refractivity contribution < 1.29 is 9.53 Å². The maximum atomic E-state index is 13.1. The van der Waals surface area contributed by atoms with E-state index in [9.17, 15) is 4.79 Å². The minimum Gasteiger partial charge on any atom is -0.497 e. The first kappa shape index (κ1) is 22.0. The first-order valence-electron chi connectivity index (χ1n) is 11.1. The molecule has 1 atom stereocenters. The number of methoxy groups -OCH3 is 1. The van der Waals surface area contributed by atoms with Crippen LogP contribution >= 0.6 is 0 Å². The van der Waals surface area contributed by atoms with Crippen molar-refractivity contribution in [2.75, 3.05) is 13.7 Å². The van der Waals surface area contributed by atoms with E-state index in [4.69, 9.17) is 9.72 Å². The van der Waals surface area contributed by atoms with Crippen LogP contribution in [0.5, 0.6) is 5.75 Å². The van der Waals surface area contributed by atoms with Crippen LogP contribution in [-0.4, -0.2) is 34.4 Å². The molecular weight excluding hydrogens is 400 g/mol. The zero-order chi connectivity index (χ0) is 22.5. The molecule has 32 heavy (non-hydrogen) atoms. The highest BCUT2D eigenvalue weighted by Gasteiger charge is 2.31. The highest BCUT2D eigenvalue weighted by atomic mass is 16.5. The molecule has 1 N–H and O–H groups in total. The van der Waals surface area contributed by atoms with E-state index in [0.29, 0.717) is 17.9 Å². The monoisotopic (exact) mass is 430 g/mol. The largest absolute Gasteiger partial charge is 0.497 e. The second-order valence-electron chi connectivity index (χ2n) is 8.36. The van der Waals surface area contributed by atoms with Crippen LogP contribution in [0.3, 0.4) is 0 Å². The summed E-state index contributed by atoms with van der Waals surface area (Å²) < 4.78 is 5.20. The molecular formula is C26H30N4O2. The van der Waals surface area contributed by atoms with E-state index in [1.807, 2.05) is 31.2 Å². The number of aromatic nitrogens is 2. The number of amides is 1. The van der Waals surface area contributed by atoms with Gasteiger partial charge in [0.1, 0.15) is 11.6 Å². The number of carbonyl (C=O) groups is 1. The molecule has 2 heterocycles. The van der Waals surface area contributed by atoms with E-state index in [1.165, 1.54) is 11.1 Å². The van der Waals surface area contributed by atoms with Crippen LogP contribution < -0.4 is 10.1 Å². The first-order valence-corrected chi connectivity index (χ1v) is 11.1. The smallest absolute Gasteiger partial charge is 0.255 e. The van der Waals surface area contributed by atoms with Crippen LogP contribution in [0, 0.1) is 13.8 Å². The van der Waals surface area contributed by atoms with Gasteiger partial charge in [0.25, 0.3) is 5.91 Å². The van der Waals surface area contributed by atoms with Crippen molar-refractivity contribution in [2.45, 2.75) is 45.8 Å². The predicted octanol–water partition coefficient (Wildman–Crippen LogP) is 4.37. The molecule has 0 radical (unpaired) electrons. The van der Waals surface area contributed by atoms with E-state index < -0.39 is 0 Å². The zero-order valence-corrected chi connectivity index (χ0v) is 19.0. The van der Waals surface area contributed by atoms with Gasteiger partial charge in [-0.05, 0) is 56.5 Å². The van der Waals surface area contributed by atoms with Gasteiger partial charge < -0.3 is 10.1 Å². The number of hydrogen-bond donors (Lipinski definition) is 1. The number of nitrogens with one attached hydrogen (secondary N) is 1. The summed E-state index contributed by atoms with van der Waals surface area (Å²) in [6.07, 6.45) is 3.75. The Labute approximate surface area is 189 Å². The van der Waals surface area contributed by atoms with Gasteiger partial charge in [-0.15, -0.1) is 0 Å². The van der Waals surface area contributed by atoms with Crippen molar-refractivity contribution in [3.63, 3.8) is 0 Å². The lowest BCUT2D eigenvalue weighted by atomic mass is 10.0. The molecule has 166 valence electrons. The quantitative estimate of drug-likeness (QED) is 0.603. The Hall–Kier alpha value is -3.25. The summed E-state index contributed by atoms with van der Waals surface area (Å²) in [5.41, 5.74) is 4.94. The summed E-state index contributed by atoms with van der Waals surface area (Å²) in [4.78, 5) is 24.6. The third-order valence-electron chi connectivity index (χ3n) is 5.94. The Kier molecular flexibility index (Phi) is 6.81. The molecule has 1 unspecified atom stereocenters. The lowest BCUT2D eigenvalue weighted by Crippen LogP contribution is -2.29. The molecule has 0 aliphatic carbocycles. The van der Waals surface area contributed by atoms with Crippen LogP contribution in [0.1, 0.15) is 57.5 Å². The van der Waals surface area contributed by atoms with E-state index in [2.05, 4.69) is 46.4 Å². The Morgan fingerprint density at radius 1 is 1.16 bits per heavy atom. The number of nitrogens with zero attached hydrogens (tertiary/aromatic N) is 3. The molecule has 1 amide bonds. The number of rotatable bonds is 7. The summed E-state index contributed by atoms with van der Waals surface area (Å²) >= 11 is 0. The fraction of sp³-hybridized carbons (Fsp3) is 0.346. The second kappa shape index (κ2) is 9.92. The van der Waals surface area contributed by atoms with E-state index in [0.717, 1.165) is 42.9 Å². The highest BCUT2D eigenvalue weighted by Crippen LogP contribution is 2.34. The van der Waals surface area contributed by atoms with Crippen LogP contribution in [0.4, 0.5) is 0 Å². The normalized spacial score (nSPS) is 16.2. The van der Waals surface area contributed by atoms with E-state index in [1.54, 1.807) is 13.3 Å². The number of carbonyl (C=O) groups excluding carboxylic acids is 1. The highest BCUT2D eigenvalue weighted by molar-refractivity contribution is 5.95. The summed E-state index contributed by atoms with van der Waals surface area (Å²) in [5, 5.41) is 3.03. The fourth-order valence-electron chi connectivity index (χ4n) is 4.31. The van der Waals surface area contributed by atoms with Gasteiger partial charge in [0.2, 0.25) is 0 Å². The molecule has 2 aromatic carbocycles. The van der Waals surface area contributed by atoms with Crippen LogP contribution in [0.25, 0.3) is 0 Å². The molecule has 4 rings (SSSR count). The molecule has 1 aliphatic rings. The lowest BCUT2D eigenvalue weighted by molar-refractivity contribution is 0.0946. The minimum absolute atomic E-state index is 0.110. The van der Waals surface area contributed by atoms with Gasteiger partial charge in [0.15, 0.2) is 0 Å². The molecule has 6 nitrogen and oxygen atoms in total. The van der Waals surface area contributed by atoms with Crippen molar-refractivity contribution in [2.24, 2.45) is 0 Å². The summed E-state index contributed by atoms with van der Waals surface area (Å²) in [5.74, 6) is 1.34. The minimum atomic E-state index is -0.141. The third kappa shape index (κ3) is 5.14. The molecule has 1 fully saturated rings. The number of hydrogen-bond acceptors (Lipinski definition) is 5. The Morgan fingerprint density at radius 2 is 1.97 bits per heavy atom. The van der Waals surface area contributed by atoms with Crippen molar-refractivity contribution >= 4 is 5.91 Å². The maximum absolute atomic E-state index is 13.1. The summed E-state index contributed by atoms with van der Waals surface area (Å²) in [7, 11) is 1.64. The Bertz CT molecular complexity index is 1080. The van der Waals surface area contributed by atoms with Gasteiger partial charge in [-0.2, -0.15) is 0 Å². The Morgan fingerprint density at radius 3 is 2.72 bits per heavy atom. The van der Waals surface area contributed by atoms with Gasteiger partial charge in [0, 0.05) is 19.3 Å². The molecule has 0 spiro atoms. The predicted molar refractivity (Wildman–Crippen MR) is 124 cm³/mol. The average Bonchev–Trinajstić information content (AvgIpc) is 3.25. The van der Waals surface area contributed by atoms with Crippen molar-refractivity contribution in [1.82, 2.24) is 20.2 Å². The molecule has 3 aromatic rings. The topological polar surface area (TPSA) is 67.3 Å². The number of aryl methyl sites for hydroxylation is 2. The van der Waals surface area contributed by atoms with Crippen molar-refractivity contribution in [1.29, 1.82) is 0 Å². The third-order valence-corrected chi connectivity index (χ3v) is 5.94. The SMILES string of the molecule is COc1ccc(CNC(=O)c2cnc(C)nc2C2CCCN2Cc2cccc(C)c2)cc1. The Balaban J connectivity index is 1.52. The van der Waals surface area contributed by atoms with Crippen LogP contribution in [-0.2, 0) is 13.1 Å². The van der Waals surface area contributed by atoms with E-state index >= 15 is 0 Å². The number of likely N-dealkylation sites (tertiary alicyclic amines) is 1. The van der Waals surface area contributed by atoms with Gasteiger partial charge in [0.05, 0.1) is 24.4 Å². The molecule has 1 aliphatic heterocycles. The summed E-state index contributed by atoms with van der Waals surface area (Å²) in [6, 6.07) is 16.4. The molecule has 1 aromatic heterocycles. The fourth-order valence-corrected chi connectivity index (χ4v) is 4.31. The summed E-state index contributed by atoms with van der Waals surface area (Å²) in [6.45, 7) is 6.27. The zero-order valence-electron chi connectivity index (χ0n) is 19.0. The van der Waals surface area contributed by atoms with Crippen molar-refractivity contribution in [3.8, 4) is 5.75 Å². The maximum Gasteiger partial charge on any atom is 0.255 e. The number of benzene rings is 2. The van der Waals surface area contributed by atoms with Gasteiger partial charge in [-0.25, -0.2) is 9.97 Å². The van der Waals surface area contributed by atoms with Crippen LogP contribution in [0.2, 0.25) is 0 Å². The molecule has 0 bridgehead atoms. The molecule has 1 saturated heterocycles. The first-order chi connectivity index (χ1) is 15.5. The average molecular weight is 431 g/mol. The van der Waals surface area contributed by atoms with Crippen LogP contribution in [0.15, 0.2) is 54.7 Å². The van der Waals surface area contributed by atoms with E-state index in [-0.39, 0.29) is 11.9 Å². The van der Waals surface area contributed by atoms with Crippen molar-refractivity contribution in [3.05, 3.63) is 88.5 Å². The lowest BCUT2D eigenvalue weighted by Gasteiger charge is -2.26.